The van der Waals surface area contributed by atoms with E-state index in [2.05, 4.69) is 10.4 Å². The molecule has 2 amide bonds. The Balaban J connectivity index is 1.61. The van der Waals surface area contributed by atoms with Crippen LogP contribution in [0.3, 0.4) is 0 Å². The van der Waals surface area contributed by atoms with Crippen molar-refractivity contribution in [3.05, 3.63) is 77.1 Å². The van der Waals surface area contributed by atoms with Crippen LogP contribution in [0.5, 0.6) is 0 Å². The molecule has 0 aliphatic carbocycles. The fourth-order valence-electron chi connectivity index (χ4n) is 4.54. The summed E-state index contributed by atoms with van der Waals surface area (Å²) in [6.45, 7) is 8.08. The van der Waals surface area contributed by atoms with E-state index < -0.39 is 35.2 Å². The van der Waals surface area contributed by atoms with Gasteiger partial charge in [0.1, 0.15) is 17.1 Å². The lowest BCUT2D eigenvalue weighted by atomic mass is 9.90. The normalized spacial score (nSPS) is 14.1. The van der Waals surface area contributed by atoms with Gasteiger partial charge in [-0.3, -0.25) is 4.79 Å². The molecule has 11 heteroatoms. The van der Waals surface area contributed by atoms with Crippen LogP contribution in [0.25, 0.3) is 5.69 Å². The number of ether oxygens (including phenoxy) is 2. The molecule has 1 N–H and O–H groups in total. The average Bonchev–Trinajstić information content (AvgIpc) is 3.33. The third kappa shape index (κ3) is 6.64. The summed E-state index contributed by atoms with van der Waals surface area (Å²) in [6.07, 6.45) is 1.87. The molecule has 1 fully saturated rings. The number of aromatic nitrogens is 2. The molecular weight excluding hydrogens is 522 g/mol. The number of esters is 1. The predicted octanol–water partition coefficient (Wildman–Crippen LogP) is 5.69. The second kappa shape index (κ2) is 11.8. The third-order valence-corrected chi connectivity index (χ3v) is 6.38. The second-order valence-electron chi connectivity index (χ2n) is 10.4. The van der Waals surface area contributed by atoms with Crippen LogP contribution in [0.4, 0.5) is 19.3 Å². The minimum atomic E-state index is -0.822. The first-order valence-electron chi connectivity index (χ1n) is 13.1. The van der Waals surface area contributed by atoms with E-state index in [4.69, 9.17) is 9.47 Å². The molecule has 0 saturated carbocycles. The number of nitrogens with zero attached hydrogens (tertiary/aromatic N) is 3. The van der Waals surface area contributed by atoms with Crippen molar-refractivity contribution in [2.45, 2.75) is 52.1 Å². The molecule has 0 unspecified atom stereocenters. The first-order chi connectivity index (χ1) is 19.0. The zero-order chi connectivity index (χ0) is 29.0. The minimum absolute atomic E-state index is 0.00353. The van der Waals surface area contributed by atoms with Crippen LogP contribution in [0.2, 0.25) is 0 Å². The molecule has 1 aliphatic heterocycles. The molecule has 0 radical (unpaired) electrons. The van der Waals surface area contributed by atoms with Gasteiger partial charge >= 0.3 is 12.1 Å². The van der Waals surface area contributed by atoms with Crippen LogP contribution < -0.4 is 5.32 Å². The van der Waals surface area contributed by atoms with E-state index in [1.54, 1.807) is 44.7 Å². The van der Waals surface area contributed by atoms with Gasteiger partial charge in [0.25, 0.3) is 5.91 Å². The Morgan fingerprint density at radius 2 is 1.73 bits per heavy atom. The third-order valence-electron chi connectivity index (χ3n) is 6.38. The maximum atomic E-state index is 14.8. The van der Waals surface area contributed by atoms with Crippen LogP contribution in [0.15, 0.2) is 48.7 Å². The first-order valence-corrected chi connectivity index (χ1v) is 13.1. The van der Waals surface area contributed by atoms with Crippen LogP contribution in [0.1, 0.15) is 72.9 Å². The fraction of sp³-hybridized carbons (Fsp3) is 0.379. The van der Waals surface area contributed by atoms with E-state index >= 15 is 0 Å². The molecule has 1 aromatic heterocycles. The van der Waals surface area contributed by atoms with Gasteiger partial charge in [-0.25, -0.2) is 23.1 Å². The Kier molecular flexibility index (Phi) is 8.51. The lowest BCUT2D eigenvalue weighted by molar-refractivity contribution is 0.0203. The van der Waals surface area contributed by atoms with Crippen LogP contribution in [0, 0.1) is 11.6 Å². The molecule has 3 aromatic rings. The van der Waals surface area contributed by atoms with Crippen molar-refractivity contribution in [1.82, 2.24) is 14.7 Å². The molecule has 2 aromatic carbocycles. The summed E-state index contributed by atoms with van der Waals surface area (Å²) in [4.78, 5) is 39.5. The largest absolute Gasteiger partial charge is 0.462 e. The number of piperidine rings is 1. The van der Waals surface area contributed by atoms with Crippen LogP contribution in [-0.2, 0) is 9.47 Å². The number of hydrogen-bond donors (Lipinski definition) is 1. The molecule has 0 bridgehead atoms. The number of hydrogen-bond acceptors (Lipinski definition) is 6. The zero-order valence-corrected chi connectivity index (χ0v) is 22.9. The summed E-state index contributed by atoms with van der Waals surface area (Å²) >= 11 is 0. The highest BCUT2D eigenvalue weighted by Gasteiger charge is 2.32. The summed E-state index contributed by atoms with van der Waals surface area (Å²) in [6, 6.07) is 9.39. The minimum Gasteiger partial charge on any atom is -0.462 e. The molecule has 0 atom stereocenters. The molecule has 40 heavy (non-hydrogen) atoms. The maximum absolute atomic E-state index is 14.8. The quantitative estimate of drug-likeness (QED) is 0.393. The fourth-order valence-corrected chi connectivity index (χ4v) is 4.54. The molecule has 1 aliphatic rings. The molecule has 1 saturated heterocycles. The lowest BCUT2D eigenvalue weighted by Crippen LogP contribution is -2.41. The molecule has 2 heterocycles. The first kappa shape index (κ1) is 28.7. The maximum Gasteiger partial charge on any atom is 0.410 e. The Labute approximate surface area is 231 Å². The van der Waals surface area contributed by atoms with E-state index in [0.29, 0.717) is 42.9 Å². The lowest BCUT2D eigenvalue weighted by Gasteiger charge is -2.34. The second-order valence-corrected chi connectivity index (χ2v) is 10.4. The summed E-state index contributed by atoms with van der Waals surface area (Å²) in [5.74, 6) is -2.76. The molecular formula is C29H32F2N4O5. The van der Waals surface area contributed by atoms with E-state index in [1.807, 2.05) is 0 Å². The number of nitrogens with one attached hydrogen (secondary N) is 1. The number of rotatable bonds is 6. The van der Waals surface area contributed by atoms with Gasteiger partial charge in [-0.15, -0.1) is 0 Å². The van der Waals surface area contributed by atoms with Crippen molar-refractivity contribution in [3.63, 3.8) is 0 Å². The molecule has 4 rings (SSSR count). The van der Waals surface area contributed by atoms with Crippen molar-refractivity contribution in [3.8, 4) is 5.69 Å². The summed E-state index contributed by atoms with van der Waals surface area (Å²) in [7, 11) is 0. The van der Waals surface area contributed by atoms with Crippen molar-refractivity contribution in [1.29, 1.82) is 0 Å². The number of carbonyl (C=O) groups is 3. The number of benzene rings is 2. The number of anilines is 1. The number of halogens is 2. The van der Waals surface area contributed by atoms with E-state index in [-0.39, 0.29) is 23.8 Å². The van der Waals surface area contributed by atoms with Gasteiger partial charge in [-0.1, -0.05) is 0 Å². The monoisotopic (exact) mass is 554 g/mol. The van der Waals surface area contributed by atoms with Crippen molar-refractivity contribution < 1.29 is 32.6 Å². The van der Waals surface area contributed by atoms with Crippen molar-refractivity contribution in [2.24, 2.45) is 0 Å². The highest BCUT2D eigenvalue weighted by Crippen LogP contribution is 2.33. The number of amides is 2. The van der Waals surface area contributed by atoms with Gasteiger partial charge in [0.05, 0.1) is 29.6 Å². The number of likely N-dealkylation sites (tertiary alicyclic amines) is 1. The smallest absolute Gasteiger partial charge is 0.410 e. The zero-order valence-electron chi connectivity index (χ0n) is 22.9. The molecule has 212 valence electrons. The van der Waals surface area contributed by atoms with Gasteiger partial charge in [0.15, 0.2) is 5.82 Å². The number of carbonyl (C=O) groups excluding carboxylic acids is 3. The molecule has 0 spiro atoms. The average molecular weight is 555 g/mol. The van der Waals surface area contributed by atoms with Crippen molar-refractivity contribution >= 4 is 23.7 Å². The van der Waals surface area contributed by atoms with Gasteiger partial charge in [-0.2, -0.15) is 5.10 Å². The summed E-state index contributed by atoms with van der Waals surface area (Å²) in [5.41, 5.74) is 0.820. The van der Waals surface area contributed by atoms with E-state index in [1.165, 1.54) is 29.1 Å². The van der Waals surface area contributed by atoms with Crippen molar-refractivity contribution in [2.75, 3.05) is 25.0 Å². The predicted molar refractivity (Wildman–Crippen MR) is 144 cm³/mol. The van der Waals surface area contributed by atoms with Crippen LogP contribution in [-0.4, -0.2) is 57.9 Å². The van der Waals surface area contributed by atoms with Gasteiger partial charge < -0.3 is 19.7 Å². The SMILES string of the molecule is CCOC(=O)c1ccc(NC(=O)c2cnn(-c3ccc(F)cc3F)c2C2CCN(C(=O)OC(C)(C)C)CC2)cc1. The highest BCUT2D eigenvalue weighted by molar-refractivity contribution is 6.05. The summed E-state index contributed by atoms with van der Waals surface area (Å²) < 4.78 is 40.2. The topological polar surface area (TPSA) is 103 Å². The highest BCUT2D eigenvalue weighted by atomic mass is 19.1. The van der Waals surface area contributed by atoms with E-state index in [9.17, 15) is 23.2 Å². The van der Waals surface area contributed by atoms with Gasteiger partial charge in [0, 0.05) is 30.8 Å². The Morgan fingerprint density at radius 3 is 2.33 bits per heavy atom. The molecule has 9 nitrogen and oxygen atoms in total. The Hall–Kier alpha value is -4.28. The summed E-state index contributed by atoms with van der Waals surface area (Å²) in [5, 5.41) is 7.10. The van der Waals surface area contributed by atoms with E-state index in [0.717, 1.165) is 12.1 Å². The Bertz CT molecular complexity index is 1390. The van der Waals surface area contributed by atoms with Gasteiger partial charge in [-0.05, 0) is 76.9 Å². The standard InChI is InChI=1S/C29H32F2N4O5/c1-5-39-27(37)19-6-9-21(10-7-19)33-26(36)22-17-32-35(24-11-8-20(30)16-23(24)31)25(22)18-12-14-34(15-13-18)28(38)40-29(2,3)4/h6-11,16-18H,5,12-15H2,1-4H3,(H,33,36). The van der Waals surface area contributed by atoms with Gasteiger partial charge in [0.2, 0.25) is 0 Å². The Morgan fingerprint density at radius 1 is 1.05 bits per heavy atom. The van der Waals surface area contributed by atoms with Crippen LogP contribution >= 0.6 is 0 Å².